The molecule has 0 aromatic rings. The number of aliphatic hydroxyl groups is 1. The first-order valence-electron chi connectivity index (χ1n) is 6.31. The zero-order valence-electron chi connectivity index (χ0n) is 10.4. The summed E-state index contributed by atoms with van der Waals surface area (Å²) < 4.78 is 0. The molecule has 17 heavy (non-hydrogen) atoms. The lowest BCUT2D eigenvalue weighted by molar-refractivity contribution is -0.131. The van der Waals surface area contributed by atoms with Crippen molar-refractivity contribution >= 4 is 5.91 Å². The third-order valence-corrected chi connectivity index (χ3v) is 4.11. The van der Waals surface area contributed by atoms with E-state index >= 15 is 0 Å². The molecule has 5 nitrogen and oxygen atoms in total. The number of nitrogens with two attached hydrogens (primary N) is 1. The highest BCUT2D eigenvalue weighted by atomic mass is 16.3. The second-order valence-electron chi connectivity index (χ2n) is 5.18. The SMILES string of the molecule is CNC[C@H](O)CN1[C@@H]2C[CH]C[C@@]1(C(N)=O)CC2. The summed E-state index contributed by atoms with van der Waals surface area (Å²) in [5.41, 5.74) is 5.05. The van der Waals surface area contributed by atoms with Crippen molar-refractivity contribution in [3.8, 4) is 0 Å². The van der Waals surface area contributed by atoms with E-state index in [-0.39, 0.29) is 5.91 Å². The van der Waals surface area contributed by atoms with Gasteiger partial charge < -0.3 is 16.2 Å². The third-order valence-electron chi connectivity index (χ3n) is 4.11. The number of nitrogens with one attached hydrogen (secondary N) is 1. The minimum Gasteiger partial charge on any atom is -0.390 e. The van der Waals surface area contributed by atoms with Crippen LogP contribution in [0.25, 0.3) is 0 Å². The number of nitrogens with zero attached hydrogens (tertiary/aromatic N) is 1. The van der Waals surface area contributed by atoms with Crippen molar-refractivity contribution < 1.29 is 9.90 Å². The molecule has 0 aromatic heterocycles. The Morgan fingerprint density at radius 3 is 3.18 bits per heavy atom. The van der Waals surface area contributed by atoms with Crippen LogP contribution in [0.5, 0.6) is 0 Å². The monoisotopic (exact) mass is 240 g/mol. The van der Waals surface area contributed by atoms with Crippen LogP contribution in [0.4, 0.5) is 0 Å². The molecule has 2 rings (SSSR count). The van der Waals surface area contributed by atoms with Crippen LogP contribution in [0.1, 0.15) is 25.7 Å². The van der Waals surface area contributed by atoms with Crippen molar-refractivity contribution in [2.75, 3.05) is 20.1 Å². The van der Waals surface area contributed by atoms with E-state index in [4.69, 9.17) is 5.73 Å². The molecule has 0 saturated carbocycles. The molecule has 2 saturated heterocycles. The number of primary amides is 1. The lowest BCUT2D eigenvalue weighted by Gasteiger charge is -2.43. The van der Waals surface area contributed by atoms with Crippen molar-refractivity contribution in [3.63, 3.8) is 0 Å². The number of aliphatic hydroxyl groups excluding tert-OH is 1. The van der Waals surface area contributed by atoms with Crippen molar-refractivity contribution in [2.45, 2.75) is 43.4 Å². The molecule has 2 heterocycles. The van der Waals surface area contributed by atoms with E-state index in [9.17, 15) is 9.90 Å². The average molecular weight is 240 g/mol. The molecule has 2 fully saturated rings. The van der Waals surface area contributed by atoms with Gasteiger partial charge in [-0.1, -0.05) is 0 Å². The van der Waals surface area contributed by atoms with Crippen LogP contribution in [0.2, 0.25) is 0 Å². The highest BCUT2D eigenvalue weighted by molar-refractivity contribution is 5.85. The van der Waals surface area contributed by atoms with Crippen LogP contribution in [0, 0.1) is 6.42 Å². The van der Waals surface area contributed by atoms with Crippen LogP contribution in [-0.2, 0) is 4.79 Å². The Morgan fingerprint density at radius 2 is 2.53 bits per heavy atom. The van der Waals surface area contributed by atoms with Crippen molar-refractivity contribution in [1.82, 2.24) is 10.2 Å². The maximum absolute atomic E-state index is 11.7. The minimum absolute atomic E-state index is 0.243. The van der Waals surface area contributed by atoms with Crippen LogP contribution >= 0.6 is 0 Å². The number of carbonyl (C=O) groups is 1. The zero-order chi connectivity index (χ0) is 12.5. The number of amides is 1. The Labute approximate surface area is 102 Å². The number of β-amino-alcohol motifs (C(OH)–C–C–N with tert-alkyl or cyclic N) is 1. The number of hydrogen-bond donors (Lipinski definition) is 3. The molecule has 3 atom stereocenters. The first-order valence-corrected chi connectivity index (χ1v) is 6.31. The number of likely N-dealkylation sites (N-methyl/N-ethyl adjacent to an activating group) is 1. The number of fused-ring (bicyclic) bond motifs is 2. The first-order chi connectivity index (χ1) is 8.10. The van der Waals surface area contributed by atoms with Crippen LogP contribution in [0.3, 0.4) is 0 Å². The number of piperidine rings is 1. The maximum Gasteiger partial charge on any atom is 0.237 e. The van der Waals surface area contributed by atoms with Crippen LogP contribution in [-0.4, -0.2) is 53.7 Å². The molecule has 0 spiro atoms. The summed E-state index contributed by atoms with van der Waals surface area (Å²) >= 11 is 0. The van der Waals surface area contributed by atoms with Gasteiger partial charge in [0.15, 0.2) is 0 Å². The molecule has 2 bridgehead atoms. The molecular formula is C12H22N3O2. The average Bonchev–Trinajstić information content (AvgIpc) is 2.49. The smallest absolute Gasteiger partial charge is 0.237 e. The molecule has 5 heteroatoms. The van der Waals surface area contributed by atoms with Gasteiger partial charge in [0.1, 0.15) is 5.54 Å². The van der Waals surface area contributed by atoms with Crippen molar-refractivity contribution in [2.24, 2.45) is 5.73 Å². The molecule has 2 aliphatic rings. The van der Waals surface area contributed by atoms with E-state index in [1.54, 1.807) is 0 Å². The van der Waals surface area contributed by atoms with Crippen molar-refractivity contribution in [1.29, 1.82) is 0 Å². The predicted molar refractivity (Wildman–Crippen MR) is 65.1 cm³/mol. The molecule has 0 unspecified atom stereocenters. The predicted octanol–water partition coefficient (Wildman–Crippen LogP) is -0.747. The van der Waals surface area contributed by atoms with E-state index < -0.39 is 11.6 Å². The van der Waals surface area contributed by atoms with Crippen molar-refractivity contribution in [3.05, 3.63) is 6.42 Å². The summed E-state index contributed by atoms with van der Waals surface area (Å²) in [6.45, 7) is 1.07. The number of rotatable bonds is 5. The Hall–Kier alpha value is -0.650. The van der Waals surface area contributed by atoms with Gasteiger partial charge in [-0.15, -0.1) is 0 Å². The van der Waals surface area contributed by atoms with Crippen LogP contribution < -0.4 is 11.1 Å². The molecule has 1 radical (unpaired) electrons. The van der Waals surface area contributed by atoms with Gasteiger partial charge in [-0.25, -0.2) is 0 Å². The van der Waals surface area contributed by atoms with E-state index in [0.717, 1.165) is 25.7 Å². The summed E-state index contributed by atoms with van der Waals surface area (Å²) in [4.78, 5) is 13.9. The van der Waals surface area contributed by atoms with Gasteiger partial charge in [0, 0.05) is 19.1 Å². The van der Waals surface area contributed by atoms with Gasteiger partial charge in [-0.3, -0.25) is 9.69 Å². The summed E-state index contributed by atoms with van der Waals surface area (Å²) in [6.07, 6.45) is 5.29. The van der Waals surface area contributed by atoms with E-state index in [1.165, 1.54) is 0 Å². The van der Waals surface area contributed by atoms with Gasteiger partial charge in [-0.05, 0) is 39.2 Å². The molecule has 2 aliphatic heterocycles. The topological polar surface area (TPSA) is 78.6 Å². The summed E-state index contributed by atoms with van der Waals surface area (Å²) in [5, 5.41) is 12.8. The first kappa shape index (κ1) is 12.8. The Morgan fingerprint density at radius 1 is 1.76 bits per heavy atom. The lowest BCUT2D eigenvalue weighted by atomic mass is 9.87. The Balaban J connectivity index is 2.10. The number of hydrogen-bond acceptors (Lipinski definition) is 4. The molecule has 1 amide bonds. The van der Waals surface area contributed by atoms with E-state index in [1.807, 2.05) is 7.05 Å². The quantitative estimate of drug-likeness (QED) is 0.591. The van der Waals surface area contributed by atoms with Gasteiger partial charge in [-0.2, -0.15) is 0 Å². The fourth-order valence-corrected chi connectivity index (χ4v) is 3.25. The minimum atomic E-state index is -0.530. The highest BCUT2D eigenvalue weighted by Gasteiger charge is 2.52. The fourth-order valence-electron chi connectivity index (χ4n) is 3.25. The fraction of sp³-hybridized carbons (Fsp3) is 0.833. The maximum atomic E-state index is 11.7. The van der Waals surface area contributed by atoms with Crippen LogP contribution in [0.15, 0.2) is 0 Å². The zero-order valence-corrected chi connectivity index (χ0v) is 10.4. The standard InChI is InChI=1S/C12H22N3O2/c1-14-7-10(16)8-15-9-3-2-5-12(15,6-4-9)11(13)17/h2,9-10,14,16H,3-8H2,1H3,(H2,13,17)/t9-,10+,12+/m1/s1. The van der Waals surface area contributed by atoms with Gasteiger partial charge in [0.2, 0.25) is 5.91 Å². The summed E-state index contributed by atoms with van der Waals surface area (Å²) in [5.74, 6) is -0.243. The van der Waals surface area contributed by atoms with Gasteiger partial charge in [0.05, 0.1) is 6.10 Å². The second-order valence-corrected chi connectivity index (χ2v) is 5.18. The Bertz CT molecular complexity index is 293. The highest BCUT2D eigenvalue weighted by Crippen LogP contribution is 2.43. The molecule has 0 aromatic carbocycles. The third kappa shape index (κ3) is 2.19. The molecule has 0 aliphatic carbocycles. The Kier molecular flexibility index (Phi) is 3.70. The largest absolute Gasteiger partial charge is 0.390 e. The molecule has 97 valence electrons. The van der Waals surface area contributed by atoms with E-state index in [0.29, 0.717) is 19.1 Å². The van der Waals surface area contributed by atoms with Gasteiger partial charge in [0.25, 0.3) is 0 Å². The summed E-state index contributed by atoms with van der Waals surface area (Å²) in [6, 6.07) is 0.378. The summed E-state index contributed by atoms with van der Waals surface area (Å²) in [7, 11) is 1.81. The second kappa shape index (κ2) is 4.92. The van der Waals surface area contributed by atoms with Gasteiger partial charge >= 0.3 is 0 Å². The molecule has 4 N–H and O–H groups in total. The number of carbonyl (C=O) groups excluding carboxylic acids is 1. The lowest BCUT2D eigenvalue weighted by Crippen LogP contribution is -2.60. The normalized spacial score (nSPS) is 34.8. The molecular weight excluding hydrogens is 218 g/mol. The van der Waals surface area contributed by atoms with E-state index in [2.05, 4.69) is 16.6 Å².